The van der Waals surface area contributed by atoms with Gasteiger partial charge in [0.25, 0.3) is 5.91 Å². The highest BCUT2D eigenvalue weighted by Gasteiger charge is 2.31. The highest BCUT2D eigenvalue weighted by atomic mass is 16.2. The van der Waals surface area contributed by atoms with Crippen LogP contribution in [-0.4, -0.2) is 59.2 Å². The first-order chi connectivity index (χ1) is 16.2. The van der Waals surface area contributed by atoms with Crippen LogP contribution in [0.5, 0.6) is 0 Å². The van der Waals surface area contributed by atoms with E-state index in [-0.39, 0.29) is 23.5 Å². The maximum atomic E-state index is 13.1. The largest absolute Gasteiger partial charge is 0.344 e. The number of carbonyl (C=O) groups excluding carboxylic acids is 3. The van der Waals surface area contributed by atoms with E-state index in [1.54, 1.807) is 12.3 Å². The minimum atomic E-state index is -0.719. The fourth-order valence-corrected chi connectivity index (χ4v) is 4.45. The average Bonchev–Trinajstić information content (AvgIpc) is 2.79. The molecule has 3 rings (SSSR count). The van der Waals surface area contributed by atoms with Crippen LogP contribution in [-0.2, 0) is 9.59 Å². The maximum Gasteiger partial charge on any atom is 0.254 e. The second-order valence-electron chi connectivity index (χ2n) is 10.2. The second-order valence-corrected chi connectivity index (χ2v) is 10.2. The first-order valence-electron chi connectivity index (χ1n) is 12.4. The molecule has 0 saturated carbocycles. The SMILES string of the molecule is CC(C)CCCN1CCC(NC(=O)[C@H](CC(C)C)NC(=O)c2cccc3cccnc23)C(=O)C1. The molecule has 0 bridgehead atoms. The van der Waals surface area contributed by atoms with Gasteiger partial charge in [-0.3, -0.25) is 24.3 Å². The molecular weight excluding hydrogens is 428 g/mol. The number of hydrogen-bond donors (Lipinski definition) is 2. The van der Waals surface area contributed by atoms with Crippen molar-refractivity contribution in [3.8, 4) is 0 Å². The third-order valence-electron chi connectivity index (χ3n) is 6.28. The molecule has 0 spiro atoms. The molecule has 1 aliphatic rings. The van der Waals surface area contributed by atoms with E-state index in [9.17, 15) is 14.4 Å². The van der Waals surface area contributed by atoms with Crippen LogP contribution in [0.25, 0.3) is 10.9 Å². The third-order valence-corrected chi connectivity index (χ3v) is 6.28. The Labute approximate surface area is 202 Å². The number of nitrogens with one attached hydrogen (secondary N) is 2. The van der Waals surface area contributed by atoms with Crippen LogP contribution in [0.1, 0.15) is 63.7 Å². The lowest BCUT2D eigenvalue weighted by Crippen LogP contribution is -2.56. The first kappa shape index (κ1) is 25.8. The highest BCUT2D eigenvalue weighted by molar-refractivity contribution is 6.07. The van der Waals surface area contributed by atoms with Crippen molar-refractivity contribution in [1.82, 2.24) is 20.5 Å². The summed E-state index contributed by atoms with van der Waals surface area (Å²) in [6.07, 6.45) is 4.96. The number of ketones is 1. The third kappa shape index (κ3) is 7.10. The predicted octanol–water partition coefficient (Wildman–Crippen LogP) is 3.58. The summed E-state index contributed by atoms with van der Waals surface area (Å²) >= 11 is 0. The van der Waals surface area contributed by atoms with Crippen molar-refractivity contribution >= 4 is 28.5 Å². The van der Waals surface area contributed by atoms with E-state index in [4.69, 9.17) is 0 Å². The van der Waals surface area contributed by atoms with Crippen molar-refractivity contribution in [3.63, 3.8) is 0 Å². The molecule has 1 aromatic carbocycles. The number of piperidine rings is 1. The maximum absolute atomic E-state index is 13.1. The first-order valence-corrected chi connectivity index (χ1v) is 12.4. The zero-order valence-corrected chi connectivity index (χ0v) is 20.8. The van der Waals surface area contributed by atoms with Gasteiger partial charge < -0.3 is 10.6 Å². The molecule has 2 aromatic rings. The van der Waals surface area contributed by atoms with E-state index in [0.29, 0.717) is 36.4 Å². The van der Waals surface area contributed by atoms with E-state index in [1.165, 1.54) is 0 Å². The minimum absolute atomic E-state index is 0.0389. The van der Waals surface area contributed by atoms with E-state index < -0.39 is 12.1 Å². The van der Waals surface area contributed by atoms with Crippen LogP contribution in [0.4, 0.5) is 0 Å². The van der Waals surface area contributed by atoms with E-state index in [2.05, 4.69) is 34.4 Å². The summed E-state index contributed by atoms with van der Waals surface area (Å²) < 4.78 is 0. The van der Waals surface area contributed by atoms with Crippen LogP contribution in [0.3, 0.4) is 0 Å². The molecule has 1 unspecified atom stereocenters. The van der Waals surface area contributed by atoms with Gasteiger partial charge in [0.05, 0.1) is 23.7 Å². The van der Waals surface area contributed by atoms with Gasteiger partial charge in [0, 0.05) is 18.1 Å². The molecule has 0 radical (unpaired) electrons. The summed E-state index contributed by atoms with van der Waals surface area (Å²) in [6.45, 7) is 10.5. The number of hydrogen-bond acceptors (Lipinski definition) is 5. The Kier molecular flexibility index (Phi) is 9.16. The van der Waals surface area contributed by atoms with E-state index in [0.717, 1.165) is 31.3 Å². The topological polar surface area (TPSA) is 91.4 Å². The lowest BCUT2D eigenvalue weighted by molar-refractivity contribution is -0.131. The molecule has 184 valence electrons. The van der Waals surface area contributed by atoms with Gasteiger partial charge in [0.15, 0.2) is 5.78 Å². The Balaban J connectivity index is 1.62. The summed E-state index contributed by atoms with van der Waals surface area (Å²) in [4.78, 5) is 45.5. The summed E-state index contributed by atoms with van der Waals surface area (Å²) in [6, 6.07) is 7.93. The van der Waals surface area contributed by atoms with Gasteiger partial charge in [0.2, 0.25) is 5.91 Å². The highest BCUT2D eigenvalue weighted by Crippen LogP contribution is 2.17. The standard InChI is InChI=1S/C27H38N4O3/c1-18(2)8-7-14-31-15-12-22(24(32)17-31)29-27(34)23(16-19(3)4)30-26(33)21-11-5-9-20-10-6-13-28-25(20)21/h5-6,9-11,13,18-19,22-23H,7-8,12,14-17H2,1-4H3,(H,29,34)(H,30,33)/t22?,23-/m0/s1. The number of pyridine rings is 1. The Morgan fingerprint density at radius 2 is 1.88 bits per heavy atom. The lowest BCUT2D eigenvalue weighted by Gasteiger charge is -2.32. The number of amides is 2. The van der Waals surface area contributed by atoms with Crippen molar-refractivity contribution in [2.24, 2.45) is 11.8 Å². The fraction of sp³-hybridized carbons (Fsp3) is 0.556. The molecule has 7 heteroatoms. The molecule has 34 heavy (non-hydrogen) atoms. The van der Waals surface area contributed by atoms with Gasteiger partial charge in [-0.25, -0.2) is 0 Å². The molecule has 1 fully saturated rings. The van der Waals surface area contributed by atoms with Crippen LogP contribution < -0.4 is 10.6 Å². The van der Waals surface area contributed by atoms with Gasteiger partial charge in [-0.2, -0.15) is 0 Å². The molecule has 2 heterocycles. The summed E-state index contributed by atoms with van der Waals surface area (Å²) in [5.74, 6) is 0.251. The van der Waals surface area contributed by atoms with Crippen LogP contribution in [0, 0.1) is 11.8 Å². The number of para-hydroxylation sites is 1. The quantitative estimate of drug-likeness (QED) is 0.559. The minimum Gasteiger partial charge on any atom is -0.344 e. The van der Waals surface area contributed by atoms with Gasteiger partial charge in [-0.05, 0) is 56.2 Å². The number of likely N-dealkylation sites (tertiary alicyclic amines) is 1. The van der Waals surface area contributed by atoms with Gasteiger partial charge in [-0.1, -0.05) is 45.9 Å². The molecule has 0 aliphatic carbocycles. The fourth-order valence-electron chi connectivity index (χ4n) is 4.45. The predicted molar refractivity (Wildman–Crippen MR) is 135 cm³/mol. The molecule has 2 amide bonds. The Bertz CT molecular complexity index is 999. The molecule has 2 N–H and O–H groups in total. The van der Waals surface area contributed by atoms with Gasteiger partial charge in [-0.15, -0.1) is 0 Å². The zero-order chi connectivity index (χ0) is 24.7. The van der Waals surface area contributed by atoms with Crippen molar-refractivity contribution < 1.29 is 14.4 Å². The van der Waals surface area contributed by atoms with E-state index >= 15 is 0 Å². The van der Waals surface area contributed by atoms with Gasteiger partial charge in [0.1, 0.15) is 6.04 Å². The molecule has 1 aliphatic heterocycles. The number of nitrogens with zero attached hydrogens (tertiary/aromatic N) is 2. The average molecular weight is 467 g/mol. The Morgan fingerprint density at radius 3 is 2.59 bits per heavy atom. The molecule has 2 atom stereocenters. The summed E-state index contributed by atoms with van der Waals surface area (Å²) in [5, 5.41) is 6.68. The molecule has 1 aromatic heterocycles. The number of fused-ring (bicyclic) bond motifs is 1. The van der Waals surface area contributed by atoms with Gasteiger partial charge >= 0.3 is 0 Å². The normalized spacial score (nSPS) is 17.8. The van der Waals surface area contributed by atoms with Crippen molar-refractivity contribution in [1.29, 1.82) is 0 Å². The number of Topliss-reactive ketones (excluding diaryl/α,β-unsaturated/α-hetero) is 1. The zero-order valence-electron chi connectivity index (χ0n) is 20.8. The summed E-state index contributed by atoms with van der Waals surface area (Å²) in [5.41, 5.74) is 1.04. The smallest absolute Gasteiger partial charge is 0.254 e. The molecular formula is C27H38N4O3. The van der Waals surface area contributed by atoms with Crippen molar-refractivity contribution in [3.05, 3.63) is 42.1 Å². The molecule has 1 saturated heterocycles. The van der Waals surface area contributed by atoms with Crippen molar-refractivity contribution in [2.45, 2.75) is 65.5 Å². The Morgan fingerprint density at radius 1 is 1.12 bits per heavy atom. The van der Waals surface area contributed by atoms with Crippen LogP contribution in [0.15, 0.2) is 36.5 Å². The number of benzene rings is 1. The number of aromatic nitrogens is 1. The number of rotatable bonds is 10. The van der Waals surface area contributed by atoms with Crippen molar-refractivity contribution in [2.75, 3.05) is 19.6 Å². The van der Waals surface area contributed by atoms with Crippen LogP contribution in [0.2, 0.25) is 0 Å². The lowest BCUT2D eigenvalue weighted by atomic mass is 9.99. The van der Waals surface area contributed by atoms with Crippen LogP contribution >= 0.6 is 0 Å². The summed E-state index contributed by atoms with van der Waals surface area (Å²) in [7, 11) is 0. The molecule has 7 nitrogen and oxygen atoms in total. The Hall–Kier alpha value is -2.80. The monoisotopic (exact) mass is 466 g/mol. The number of carbonyl (C=O) groups is 3. The van der Waals surface area contributed by atoms with E-state index in [1.807, 2.05) is 38.1 Å². The second kappa shape index (κ2) is 12.1.